The van der Waals surface area contributed by atoms with E-state index in [1.807, 2.05) is 19.1 Å². The number of amides is 1. The smallest absolute Gasteiger partial charge is 0.257 e. The number of halogens is 1. The Hall–Kier alpha value is -1.92. The Balaban J connectivity index is 1.61. The van der Waals surface area contributed by atoms with E-state index in [0.29, 0.717) is 29.7 Å². The Labute approximate surface area is 158 Å². The first-order valence-corrected chi connectivity index (χ1v) is 9.48. The summed E-state index contributed by atoms with van der Waals surface area (Å²) in [7, 11) is 0. The topological polar surface area (TPSA) is 94.0 Å². The number of carbonyl (C=O) groups is 1. The van der Waals surface area contributed by atoms with Crippen LogP contribution in [0.15, 0.2) is 28.8 Å². The Morgan fingerprint density at radius 3 is 2.65 bits per heavy atom. The summed E-state index contributed by atoms with van der Waals surface area (Å²) in [6, 6.07) is 6.84. The molecule has 1 aromatic carbocycles. The third kappa shape index (κ3) is 4.43. The van der Waals surface area contributed by atoms with Gasteiger partial charge < -0.3 is 15.6 Å². The molecule has 1 aliphatic carbocycles. The minimum atomic E-state index is -0.328. The molecule has 1 fully saturated rings. The van der Waals surface area contributed by atoms with Gasteiger partial charge in [0.25, 0.3) is 5.89 Å². The molecule has 3 N–H and O–H groups in total. The molecule has 7 heteroatoms. The van der Waals surface area contributed by atoms with Crippen LogP contribution >= 0.6 is 11.6 Å². The Morgan fingerprint density at radius 2 is 2.00 bits per heavy atom. The molecule has 26 heavy (non-hydrogen) atoms. The lowest BCUT2D eigenvalue weighted by molar-refractivity contribution is -0.124. The zero-order valence-corrected chi connectivity index (χ0v) is 15.8. The quantitative estimate of drug-likeness (QED) is 0.798. The molecular weight excluding hydrogens is 352 g/mol. The number of nitrogens with two attached hydrogens (primary N) is 1. The highest BCUT2D eigenvalue weighted by molar-refractivity contribution is 6.30. The van der Waals surface area contributed by atoms with Crippen LogP contribution in [0, 0.1) is 5.41 Å². The van der Waals surface area contributed by atoms with Crippen LogP contribution in [-0.4, -0.2) is 22.6 Å². The summed E-state index contributed by atoms with van der Waals surface area (Å²) in [6.07, 6.45) is 6.03. The highest BCUT2D eigenvalue weighted by Crippen LogP contribution is 2.38. The summed E-state index contributed by atoms with van der Waals surface area (Å²) in [5.74, 6) is 0.847. The van der Waals surface area contributed by atoms with E-state index in [4.69, 9.17) is 21.9 Å². The lowest BCUT2D eigenvalue weighted by Crippen LogP contribution is -2.39. The van der Waals surface area contributed by atoms with E-state index in [0.717, 1.165) is 31.2 Å². The minimum Gasteiger partial charge on any atom is -0.346 e. The van der Waals surface area contributed by atoms with Gasteiger partial charge in [-0.25, -0.2) is 0 Å². The monoisotopic (exact) mass is 376 g/mol. The van der Waals surface area contributed by atoms with Crippen molar-refractivity contribution in [2.75, 3.05) is 6.54 Å². The number of carbonyl (C=O) groups excluding carboxylic acids is 1. The van der Waals surface area contributed by atoms with Crippen LogP contribution in [0.3, 0.4) is 0 Å². The second-order valence-corrected chi connectivity index (χ2v) is 7.63. The first-order valence-electron chi connectivity index (χ1n) is 9.10. The second kappa shape index (κ2) is 8.18. The number of hydrogen-bond acceptors (Lipinski definition) is 5. The first-order chi connectivity index (χ1) is 12.5. The first kappa shape index (κ1) is 18.9. The SMILES string of the molecule is CC(NC(=O)CC1(CN)CCCCC1)c1noc(-c2ccc(Cl)cc2)n1. The van der Waals surface area contributed by atoms with Gasteiger partial charge >= 0.3 is 0 Å². The van der Waals surface area contributed by atoms with Gasteiger partial charge in [-0.3, -0.25) is 4.79 Å². The van der Waals surface area contributed by atoms with Crippen molar-refractivity contribution in [1.29, 1.82) is 0 Å². The van der Waals surface area contributed by atoms with E-state index in [9.17, 15) is 4.79 Å². The zero-order chi connectivity index (χ0) is 18.6. The van der Waals surface area contributed by atoms with Gasteiger partial charge in [0.05, 0.1) is 6.04 Å². The number of nitrogens with zero attached hydrogens (tertiary/aromatic N) is 2. The molecule has 1 aromatic heterocycles. The van der Waals surface area contributed by atoms with Crippen LogP contribution in [0.2, 0.25) is 5.02 Å². The number of benzene rings is 1. The zero-order valence-electron chi connectivity index (χ0n) is 15.0. The van der Waals surface area contributed by atoms with E-state index in [-0.39, 0.29) is 17.4 Å². The fraction of sp³-hybridized carbons (Fsp3) is 0.526. The molecule has 140 valence electrons. The van der Waals surface area contributed by atoms with Crippen molar-refractivity contribution in [3.63, 3.8) is 0 Å². The molecule has 1 unspecified atom stereocenters. The van der Waals surface area contributed by atoms with E-state index >= 15 is 0 Å². The lowest BCUT2D eigenvalue weighted by atomic mass is 9.71. The van der Waals surface area contributed by atoms with Crippen LogP contribution in [0.1, 0.15) is 57.3 Å². The second-order valence-electron chi connectivity index (χ2n) is 7.20. The van der Waals surface area contributed by atoms with Crippen molar-refractivity contribution in [3.05, 3.63) is 35.1 Å². The van der Waals surface area contributed by atoms with Crippen molar-refractivity contribution in [2.24, 2.45) is 11.1 Å². The molecule has 0 bridgehead atoms. The predicted molar refractivity (Wildman–Crippen MR) is 100 cm³/mol. The standard InChI is InChI=1S/C19H25ClN4O2/c1-13(22-16(25)11-19(12-21)9-3-2-4-10-19)17-23-18(26-24-17)14-5-7-15(20)8-6-14/h5-8,13H,2-4,9-12,21H2,1H3,(H,22,25). The molecule has 0 spiro atoms. The van der Waals surface area contributed by atoms with Gasteiger partial charge in [0.1, 0.15) is 0 Å². The van der Waals surface area contributed by atoms with E-state index in [1.54, 1.807) is 12.1 Å². The fourth-order valence-electron chi connectivity index (χ4n) is 3.57. The van der Waals surface area contributed by atoms with Gasteiger partial charge in [-0.05, 0) is 56.0 Å². The van der Waals surface area contributed by atoms with Gasteiger partial charge in [0.15, 0.2) is 5.82 Å². The fourth-order valence-corrected chi connectivity index (χ4v) is 3.70. The predicted octanol–water partition coefficient (Wildman–Crippen LogP) is 3.87. The van der Waals surface area contributed by atoms with Crippen LogP contribution in [-0.2, 0) is 4.79 Å². The minimum absolute atomic E-state index is 0.0114. The van der Waals surface area contributed by atoms with Gasteiger partial charge in [-0.15, -0.1) is 0 Å². The molecular formula is C19H25ClN4O2. The lowest BCUT2D eigenvalue weighted by Gasteiger charge is -2.35. The molecule has 0 radical (unpaired) electrons. The largest absolute Gasteiger partial charge is 0.346 e. The molecule has 1 aliphatic rings. The van der Waals surface area contributed by atoms with Crippen molar-refractivity contribution >= 4 is 17.5 Å². The van der Waals surface area contributed by atoms with Crippen molar-refractivity contribution in [1.82, 2.24) is 15.5 Å². The number of rotatable bonds is 6. The number of nitrogens with one attached hydrogen (secondary N) is 1. The molecule has 1 atom stereocenters. The highest BCUT2D eigenvalue weighted by atomic mass is 35.5. The van der Waals surface area contributed by atoms with Crippen molar-refractivity contribution in [3.8, 4) is 11.5 Å². The van der Waals surface area contributed by atoms with Gasteiger partial charge in [0.2, 0.25) is 5.91 Å². The molecule has 2 aromatic rings. The van der Waals surface area contributed by atoms with Gasteiger partial charge in [-0.2, -0.15) is 4.98 Å². The van der Waals surface area contributed by atoms with E-state index in [1.165, 1.54) is 6.42 Å². The maximum atomic E-state index is 12.5. The van der Waals surface area contributed by atoms with Crippen LogP contribution in [0.25, 0.3) is 11.5 Å². The summed E-state index contributed by atoms with van der Waals surface area (Å²) >= 11 is 5.89. The summed E-state index contributed by atoms with van der Waals surface area (Å²) in [5.41, 5.74) is 6.70. The van der Waals surface area contributed by atoms with Crippen LogP contribution < -0.4 is 11.1 Å². The number of hydrogen-bond donors (Lipinski definition) is 2. The average Bonchev–Trinajstić information content (AvgIpc) is 3.13. The summed E-state index contributed by atoms with van der Waals surface area (Å²) < 4.78 is 5.31. The van der Waals surface area contributed by atoms with Gasteiger partial charge in [0, 0.05) is 17.0 Å². The van der Waals surface area contributed by atoms with E-state index in [2.05, 4.69) is 15.5 Å². The summed E-state index contributed by atoms with van der Waals surface area (Å²) in [4.78, 5) is 16.9. The molecule has 1 amide bonds. The van der Waals surface area contributed by atoms with E-state index < -0.39 is 0 Å². The Kier molecular flexibility index (Phi) is 5.94. The number of aromatic nitrogens is 2. The third-order valence-corrected chi connectivity index (χ3v) is 5.43. The summed E-state index contributed by atoms with van der Waals surface area (Å²) in [5, 5.41) is 7.61. The Bertz CT molecular complexity index is 738. The van der Waals surface area contributed by atoms with Crippen molar-refractivity contribution in [2.45, 2.75) is 51.5 Å². The molecule has 6 nitrogen and oxygen atoms in total. The third-order valence-electron chi connectivity index (χ3n) is 5.18. The molecule has 1 heterocycles. The normalized spacial score (nSPS) is 17.7. The summed E-state index contributed by atoms with van der Waals surface area (Å²) in [6.45, 7) is 2.40. The van der Waals surface area contributed by atoms with Crippen molar-refractivity contribution < 1.29 is 9.32 Å². The molecule has 3 rings (SSSR count). The molecule has 1 saturated carbocycles. The van der Waals surface area contributed by atoms with Crippen LogP contribution in [0.5, 0.6) is 0 Å². The van der Waals surface area contributed by atoms with Gasteiger partial charge in [-0.1, -0.05) is 36.0 Å². The molecule has 0 saturated heterocycles. The highest BCUT2D eigenvalue weighted by Gasteiger charge is 2.33. The Morgan fingerprint density at radius 1 is 1.31 bits per heavy atom. The maximum Gasteiger partial charge on any atom is 0.257 e. The maximum absolute atomic E-state index is 12.5. The average molecular weight is 377 g/mol. The van der Waals surface area contributed by atoms with Crippen LogP contribution in [0.4, 0.5) is 0 Å². The molecule has 0 aliphatic heterocycles.